The van der Waals surface area contributed by atoms with Crippen LogP contribution < -0.4 is 14.8 Å². The van der Waals surface area contributed by atoms with Gasteiger partial charge in [0.25, 0.3) is 0 Å². The largest absolute Gasteiger partial charge is 0.493 e. The molecule has 6 nitrogen and oxygen atoms in total. The van der Waals surface area contributed by atoms with E-state index in [-0.39, 0.29) is 17.2 Å². The van der Waals surface area contributed by atoms with Crippen LogP contribution >= 0.6 is 11.8 Å². The van der Waals surface area contributed by atoms with Gasteiger partial charge in [0, 0.05) is 18.2 Å². The molecule has 1 saturated heterocycles. The average molecular weight is 386 g/mol. The highest BCUT2D eigenvalue weighted by Gasteiger charge is 2.33. The summed E-state index contributed by atoms with van der Waals surface area (Å²) in [5.41, 5.74) is 2.65. The summed E-state index contributed by atoms with van der Waals surface area (Å²) in [4.78, 5) is 25.5. The summed E-state index contributed by atoms with van der Waals surface area (Å²) in [6.07, 6.45) is 0. The highest BCUT2D eigenvalue weighted by Crippen LogP contribution is 2.41. The van der Waals surface area contributed by atoms with Gasteiger partial charge in [-0.25, -0.2) is 0 Å². The van der Waals surface area contributed by atoms with E-state index in [0.717, 1.165) is 16.8 Å². The molecule has 1 N–H and O–H groups in total. The van der Waals surface area contributed by atoms with Gasteiger partial charge in [0.1, 0.15) is 5.37 Å². The van der Waals surface area contributed by atoms with Crippen molar-refractivity contribution in [3.05, 3.63) is 53.6 Å². The lowest BCUT2D eigenvalue weighted by atomic mass is 10.1. The molecule has 1 aliphatic heterocycles. The smallest absolute Gasteiger partial charge is 0.234 e. The number of rotatable bonds is 6. The lowest BCUT2D eigenvalue weighted by Gasteiger charge is -2.25. The van der Waals surface area contributed by atoms with E-state index in [1.165, 1.54) is 6.92 Å². The van der Waals surface area contributed by atoms with E-state index in [4.69, 9.17) is 9.47 Å². The molecule has 0 bridgehead atoms. The van der Waals surface area contributed by atoms with Crippen molar-refractivity contribution in [1.29, 1.82) is 0 Å². The van der Waals surface area contributed by atoms with Crippen LogP contribution in [0.25, 0.3) is 0 Å². The summed E-state index contributed by atoms with van der Waals surface area (Å²) in [5.74, 6) is 1.69. The highest BCUT2D eigenvalue weighted by molar-refractivity contribution is 8.00. The lowest BCUT2D eigenvalue weighted by molar-refractivity contribution is -0.128. The molecule has 2 aromatic rings. The Bertz CT molecular complexity index is 838. The number of anilines is 1. The zero-order valence-electron chi connectivity index (χ0n) is 15.5. The van der Waals surface area contributed by atoms with E-state index in [2.05, 4.69) is 5.32 Å². The normalized spacial score (nSPS) is 16.3. The van der Waals surface area contributed by atoms with Crippen LogP contribution in [-0.2, 0) is 16.1 Å². The molecule has 0 aliphatic carbocycles. The van der Waals surface area contributed by atoms with Crippen molar-refractivity contribution in [1.82, 2.24) is 4.90 Å². The molecule has 1 heterocycles. The molecule has 1 fully saturated rings. The predicted molar refractivity (Wildman–Crippen MR) is 106 cm³/mol. The van der Waals surface area contributed by atoms with Crippen LogP contribution in [0.2, 0.25) is 0 Å². The average Bonchev–Trinajstić information content (AvgIpc) is 3.02. The minimum absolute atomic E-state index is 0.0835. The molecule has 1 aliphatic rings. The number of thioether (sulfide) groups is 1. The van der Waals surface area contributed by atoms with Crippen molar-refractivity contribution >= 4 is 29.3 Å². The number of para-hydroxylation sites is 1. The monoisotopic (exact) mass is 386 g/mol. The lowest BCUT2D eigenvalue weighted by Crippen LogP contribution is -2.28. The minimum atomic E-state index is -0.111. The van der Waals surface area contributed by atoms with Gasteiger partial charge in [-0.05, 0) is 23.8 Å². The molecule has 0 spiro atoms. The number of ether oxygens (including phenoxy) is 2. The van der Waals surface area contributed by atoms with Gasteiger partial charge in [0.05, 0.1) is 26.5 Å². The molecule has 7 heteroatoms. The number of hydrogen-bond donors (Lipinski definition) is 1. The molecule has 142 valence electrons. The van der Waals surface area contributed by atoms with Crippen molar-refractivity contribution < 1.29 is 19.1 Å². The number of hydrogen-bond acceptors (Lipinski definition) is 5. The molecule has 3 rings (SSSR count). The Morgan fingerprint density at radius 2 is 1.93 bits per heavy atom. The molecule has 27 heavy (non-hydrogen) atoms. The second-order valence-corrected chi connectivity index (χ2v) is 7.21. The number of carbonyl (C=O) groups is 2. The van der Waals surface area contributed by atoms with Gasteiger partial charge in [-0.1, -0.05) is 24.3 Å². The summed E-state index contributed by atoms with van der Waals surface area (Å²) in [7, 11) is 3.19. The van der Waals surface area contributed by atoms with E-state index in [9.17, 15) is 9.59 Å². The molecule has 1 unspecified atom stereocenters. The number of nitrogens with zero attached hydrogens (tertiary/aromatic N) is 1. The van der Waals surface area contributed by atoms with E-state index in [1.54, 1.807) is 26.0 Å². The number of methoxy groups -OCH3 is 2. The molecule has 0 aromatic heterocycles. The van der Waals surface area contributed by atoms with Crippen molar-refractivity contribution in [2.75, 3.05) is 25.3 Å². The van der Waals surface area contributed by atoms with Gasteiger partial charge in [-0.15, -0.1) is 11.8 Å². The van der Waals surface area contributed by atoms with Crippen molar-refractivity contribution in [2.24, 2.45) is 0 Å². The van der Waals surface area contributed by atoms with Crippen LogP contribution in [0.15, 0.2) is 42.5 Å². The molecular weight excluding hydrogens is 364 g/mol. The number of benzene rings is 2. The number of amides is 2. The maximum atomic E-state index is 12.5. The Labute approximate surface area is 162 Å². The van der Waals surface area contributed by atoms with Crippen LogP contribution in [0.4, 0.5) is 5.69 Å². The minimum Gasteiger partial charge on any atom is -0.493 e. The molecule has 1 atom stereocenters. The molecule has 0 radical (unpaired) electrons. The first-order valence-electron chi connectivity index (χ1n) is 8.52. The van der Waals surface area contributed by atoms with Gasteiger partial charge >= 0.3 is 0 Å². The zero-order valence-corrected chi connectivity index (χ0v) is 16.3. The van der Waals surface area contributed by atoms with Crippen molar-refractivity contribution in [3.8, 4) is 11.5 Å². The fraction of sp³-hybridized carbons (Fsp3) is 0.300. The third-order valence-corrected chi connectivity index (χ3v) is 5.57. The van der Waals surface area contributed by atoms with E-state index in [0.29, 0.717) is 23.8 Å². The fourth-order valence-electron chi connectivity index (χ4n) is 3.10. The van der Waals surface area contributed by atoms with Gasteiger partial charge in [0.2, 0.25) is 11.8 Å². The quantitative estimate of drug-likeness (QED) is 0.824. The standard InChI is InChI=1S/C20H22N2O4S/c1-13(23)21-16-9-7-14(8-10-16)20-22(18(24)12-27-20)11-15-5-4-6-17(25-2)19(15)26-3/h4-10,20H,11-12H2,1-3H3,(H,21,23). The number of nitrogens with one attached hydrogen (secondary N) is 1. The second kappa shape index (κ2) is 8.35. The van der Waals surface area contributed by atoms with Crippen LogP contribution in [0.3, 0.4) is 0 Å². The Morgan fingerprint density at radius 3 is 2.56 bits per heavy atom. The topological polar surface area (TPSA) is 67.9 Å². The van der Waals surface area contributed by atoms with Gasteiger partial charge in [-0.2, -0.15) is 0 Å². The SMILES string of the molecule is COc1cccc(CN2C(=O)CSC2c2ccc(NC(C)=O)cc2)c1OC. The Hall–Kier alpha value is -2.67. The number of carbonyl (C=O) groups excluding carboxylic acids is 2. The van der Waals surface area contributed by atoms with Crippen molar-refractivity contribution in [2.45, 2.75) is 18.8 Å². The maximum Gasteiger partial charge on any atom is 0.234 e. The van der Waals surface area contributed by atoms with E-state index < -0.39 is 0 Å². The second-order valence-electron chi connectivity index (χ2n) is 6.14. The Kier molecular flexibility index (Phi) is 5.91. The van der Waals surface area contributed by atoms with E-state index in [1.807, 2.05) is 47.4 Å². The van der Waals surface area contributed by atoms with Crippen LogP contribution in [0.1, 0.15) is 23.4 Å². The van der Waals surface area contributed by atoms with Crippen LogP contribution in [0.5, 0.6) is 11.5 Å². The third-order valence-electron chi connectivity index (χ3n) is 4.31. The van der Waals surface area contributed by atoms with Gasteiger partial charge in [0.15, 0.2) is 11.5 Å². The third kappa shape index (κ3) is 4.19. The highest BCUT2D eigenvalue weighted by atomic mass is 32.2. The first-order chi connectivity index (χ1) is 13.0. The molecule has 0 saturated carbocycles. The van der Waals surface area contributed by atoms with Gasteiger partial charge in [-0.3, -0.25) is 9.59 Å². The van der Waals surface area contributed by atoms with E-state index >= 15 is 0 Å². The fourth-order valence-corrected chi connectivity index (χ4v) is 4.29. The summed E-state index contributed by atoms with van der Waals surface area (Å²) in [6, 6.07) is 13.3. The molecule has 2 amide bonds. The summed E-state index contributed by atoms with van der Waals surface area (Å²) < 4.78 is 10.9. The molecular formula is C20H22N2O4S. The molecule has 2 aromatic carbocycles. The summed E-state index contributed by atoms with van der Waals surface area (Å²) >= 11 is 1.59. The van der Waals surface area contributed by atoms with Crippen LogP contribution in [-0.4, -0.2) is 36.7 Å². The van der Waals surface area contributed by atoms with Crippen molar-refractivity contribution in [3.63, 3.8) is 0 Å². The Balaban J connectivity index is 1.84. The van der Waals surface area contributed by atoms with Gasteiger partial charge < -0.3 is 19.7 Å². The zero-order chi connectivity index (χ0) is 19.4. The van der Waals surface area contributed by atoms with Crippen LogP contribution in [0, 0.1) is 0 Å². The maximum absolute atomic E-state index is 12.5. The summed E-state index contributed by atoms with van der Waals surface area (Å²) in [6.45, 7) is 1.91. The first-order valence-corrected chi connectivity index (χ1v) is 9.57. The predicted octanol–water partition coefficient (Wildman–Crippen LogP) is 3.44. The first kappa shape index (κ1) is 19.1. The Morgan fingerprint density at radius 1 is 1.19 bits per heavy atom. The summed E-state index contributed by atoms with van der Waals surface area (Å²) in [5, 5.41) is 2.67.